The summed E-state index contributed by atoms with van der Waals surface area (Å²) in [5.41, 5.74) is 7.09. The maximum absolute atomic E-state index is 6.22. The molecular formula is C13H17Cl2NO. The summed E-state index contributed by atoms with van der Waals surface area (Å²) in [7, 11) is 0. The fourth-order valence-corrected chi connectivity index (χ4v) is 3.00. The van der Waals surface area contributed by atoms with Gasteiger partial charge >= 0.3 is 0 Å². The Hall–Kier alpha value is -0.280. The molecule has 0 bridgehead atoms. The van der Waals surface area contributed by atoms with E-state index in [1.165, 1.54) is 0 Å². The van der Waals surface area contributed by atoms with E-state index in [0.29, 0.717) is 16.0 Å². The number of rotatable bonds is 3. The zero-order valence-corrected chi connectivity index (χ0v) is 11.2. The Morgan fingerprint density at radius 1 is 1.24 bits per heavy atom. The number of benzene rings is 1. The summed E-state index contributed by atoms with van der Waals surface area (Å²) in [6.07, 6.45) is 3.08. The van der Waals surface area contributed by atoms with Crippen LogP contribution in [-0.4, -0.2) is 13.2 Å². The lowest BCUT2D eigenvalue weighted by Gasteiger charge is -2.25. The Balaban J connectivity index is 2.05. The molecule has 1 aliphatic rings. The third-order valence-corrected chi connectivity index (χ3v) is 3.96. The summed E-state index contributed by atoms with van der Waals surface area (Å²) in [4.78, 5) is 0. The second-order valence-corrected chi connectivity index (χ2v) is 5.35. The summed E-state index contributed by atoms with van der Waals surface area (Å²) < 4.78 is 5.34. The zero-order chi connectivity index (χ0) is 12.3. The van der Waals surface area contributed by atoms with Crippen molar-refractivity contribution in [3.8, 4) is 0 Å². The highest BCUT2D eigenvalue weighted by Crippen LogP contribution is 2.34. The van der Waals surface area contributed by atoms with E-state index >= 15 is 0 Å². The van der Waals surface area contributed by atoms with Gasteiger partial charge in [0, 0.05) is 34.9 Å². The van der Waals surface area contributed by atoms with Gasteiger partial charge in [0.15, 0.2) is 0 Å². The second-order valence-electron chi connectivity index (χ2n) is 4.53. The van der Waals surface area contributed by atoms with Crippen LogP contribution >= 0.6 is 23.2 Å². The Morgan fingerprint density at radius 2 is 1.82 bits per heavy atom. The molecule has 2 N–H and O–H groups in total. The van der Waals surface area contributed by atoms with Gasteiger partial charge in [-0.25, -0.2) is 0 Å². The van der Waals surface area contributed by atoms with Crippen LogP contribution in [0.15, 0.2) is 18.2 Å². The van der Waals surface area contributed by atoms with Crippen molar-refractivity contribution >= 4 is 23.2 Å². The molecule has 0 aliphatic carbocycles. The first-order valence-corrected chi connectivity index (χ1v) is 6.71. The minimum atomic E-state index is -0.0840. The highest BCUT2D eigenvalue weighted by Gasteiger charge is 2.21. The smallest absolute Gasteiger partial charge is 0.0468 e. The lowest BCUT2D eigenvalue weighted by Crippen LogP contribution is -2.22. The van der Waals surface area contributed by atoms with Gasteiger partial charge in [0.05, 0.1) is 0 Å². The predicted molar refractivity (Wildman–Crippen MR) is 71.6 cm³/mol. The van der Waals surface area contributed by atoms with Gasteiger partial charge in [0.2, 0.25) is 0 Å². The molecule has 0 saturated carbocycles. The summed E-state index contributed by atoms with van der Waals surface area (Å²) in [5, 5.41) is 1.33. The van der Waals surface area contributed by atoms with E-state index in [9.17, 15) is 0 Å². The van der Waals surface area contributed by atoms with Crippen LogP contribution in [0.4, 0.5) is 0 Å². The third kappa shape index (κ3) is 3.35. The third-order valence-electron chi connectivity index (χ3n) is 3.30. The second kappa shape index (κ2) is 6.05. The lowest BCUT2D eigenvalue weighted by molar-refractivity contribution is 0.0618. The first-order chi connectivity index (χ1) is 8.18. The van der Waals surface area contributed by atoms with Crippen LogP contribution in [0.25, 0.3) is 0 Å². The summed E-state index contributed by atoms with van der Waals surface area (Å²) in [5.74, 6) is 0.617. The highest BCUT2D eigenvalue weighted by atomic mass is 35.5. The molecule has 2 rings (SSSR count). The quantitative estimate of drug-likeness (QED) is 0.909. The van der Waals surface area contributed by atoms with Crippen molar-refractivity contribution in [2.45, 2.75) is 25.3 Å². The zero-order valence-electron chi connectivity index (χ0n) is 9.66. The molecule has 0 amide bonds. The summed E-state index contributed by atoms with van der Waals surface area (Å²) >= 11 is 12.3. The number of nitrogens with two attached hydrogens (primary N) is 1. The standard InChI is InChI=1S/C13H17Cl2NO/c14-10-2-1-3-11(15)13(10)12(16)8-9-4-6-17-7-5-9/h1-3,9,12H,4-8,16H2. The van der Waals surface area contributed by atoms with Crippen LogP contribution in [-0.2, 0) is 4.74 Å². The van der Waals surface area contributed by atoms with E-state index < -0.39 is 0 Å². The van der Waals surface area contributed by atoms with E-state index in [0.717, 1.165) is 38.0 Å². The van der Waals surface area contributed by atoms with Gasteiger partial charge in [-0.1, -0.05) is 29.3 Å². The van der Waals surface area contributed by atoms with Gasteiger partial charge in [-0.2, -0.15) is 0 Å². The highest BCUT2D eigenvalue weighted by molar-refractivity contribution is 6.36. The van der Waals surface area contributed by atoms with Crippen molar-refractivity contribution in [3.05, 3.63) is 33.8 Å². The molecule has 0 radical (unpaired) electrons. The molecule has 1 fully saturated rings. The summed E-state index contributed by atoms with van der Waals surface area (Å²) in [6, 6.07) is 5.44. The minimum absolute atomic E-state index is 0.0840. The number of hydrogen-bond acceptors (Lipinski definition) is 2. The van der Waals surface area contributed by atoms with Gasteiger partial charge in [-0.3, -0.25) is 0 Å². The predicted octanol–water partition coefficient (Wildman–Crippen LogP) is 3.81. The van der Waals surface area contributed by atoms with Crippen molar-refractivity contribution in [3.63, 3.8) is 0 Å². The van der Waals surface area contributed by atoms with Crippen molar-refractivity contribution in [2.75, 3.05) is 13.2 Å². The molecule has 0 aromatic heterocycles. The van der Waals surface area contributed by atoms with Gasteiger partial charge in [0.1, 0.15) is 0 Å². The van der Waals surface area contributed by atoms with Gasteiger partial charge in [-0.05, 0) is 37.3 Å². The fourth-order valence-electron chi connectivity index (χ4n) is 2.32. The van der Waals surface area contributed by atoms with Crippen LogP contribution < -0.4 is 5.73 Å². The number of halogens is 2. The van der Waals surface area contributed by atoms with Crippen molar-refractivity contribution in [1.29, 1.82) is 0 Å². The Bertz CT molecular complexity index is 357. The summed E-state index contributed by atoms with van der Waals surface area (Å²) in [6.45, 7) is 1.68. The molecule has 1 aliphatic heterocycles. The average molecular weight is 274 g/mol. The SMILES string of the molecule is NC(CC1CCOCC1)c1c(Cl)cccc1Cl. The fraction of sp³-hybridized carbons (Fsp3) is 0.538. The van der Waals surface area contributed by atoms with Crippen LogP contribution in [0.3, 0.4) is 0 Å². The molecule has 1 aromatic carbocycles. The van der Waals surface area contributed by atoms with Crippen LogP contribution in [0.2, 0.25) is 10.0 Å². The minimum Gasteiger partial charge on any atom is -0.381 e. The Kier molecular flexibility index (Phi) is 4.69. The van der Waals surface area contributed by atoms with Crippen molar-refractivity contribution < 1.29 is 4.74 Å². The van der Waals surface area contributed by atoms with Crippen LogP contribution in [0, 0.1) is 5.92 Å². The van der Waals surface area contributed by atoms with E-state index in [4.69, 9.17) is 33.7 Å². The van der Waals surface area contributed by atoms with Crippen LogP contribution in [0.1, 0.15) is 30.9 Å². The van der Waals surface area contributed by atoms with Crippen molar-refractivity contribution in [2.24, 2.45) is 11.7 Å². The average Bonchev–Trinajstić information content (AvgIpc) is 2.30. The molecule has 1 aromatic rings. The molecule has 2 nitrogen and oxygen atoms in total. The maximum Gasteiger partial charge on any atom is 0.0468 e. The van der Waals surface area contributed by atoms with E-state index in [1.54, 1.807) is 0 Å². The Labute approximate surface area is 112 Å². The first kappa shape index (κ1) is 13.2. The largest absolute Gasteiger partial charge is 0.381 e. The molecule has 0 spiro atoms. The number of ether oxygens (including phenoxy) is 1. The molecular weight excluding hydrogens is 257 g/mol. The van der Waals surface area contributed by atoms with Crippen LogP contribution in [0.5, 0.6) is 0 Å². The normalized spacial score (nSPS) is 19.2. The van der Waals surface area contributed by atoms with E-state index in [2.05, 4.69) is 0 Å². The molecule has 17 heavy (non-hydrogen) atoms. The molecule has 1 heterocycles. The molecule has 1 atom stereocenters. The van der Waals surface area contributed by atoms with E-state index in [-0.39, 0.29) is 6.04 Å². The number of hydrogen-bond donors (Lipinski definition) is 1. The first-order valence-electron chi connectivity index (χ1n) is 5.95. The molecule has 4 heteroatoms. The van der Waals surface area contributed by atoms with Crippen molar-refractivity contribution in [1.82, 2.24) is 0 Å². The molecule has 1 unspecified atom stereocenters. The van der Waals surface area contributed by atoms with E-state index in [1.807, 2.05) is 18.2 Å². The monoisotopic (exact) mass is 273 g/mol. The lowest BCUT2D eigenvalue weighted by atomic mass is 9.90. The maximum atomic E-state index is 6.22. The van der Waals surface area contributed by atoms with Gasteiger partial charge in [-0.15, -0.1) is 0 Å². The van der Waals surface area contributed by atoms with Gasteiger partial charge in [0.25, 0.3) is 0 Å². The van der Waals surface area contributed by atoms with Gasteiger partial charge < -0.3 is 10.5 Å². The molecule has 1 saturated heterocycles. The molecule has 94 valence electrons. The topological polar surface area (TPSA) is 35.2 Å². The Morgan fingerprint density at radius 3 is 2.41 bits per heavy atom.